The first kappa shape index (κ1) is 20.4. The van der Waals surface area contributed by atoms with Crippen molar-refractivity contribution in [1.29, 1.82) is 0 Å². The van der Waals surface area contributed by atoms with Crippen molar-refractivity contribution in [2.45, 2.75) is 38.4 Å². The van der Waals surface area contributed by atoms with Gasteiger partial charge in [-0.3, -0.25) is 29.4 Å². The molecule has 4 amide bonds. The summed E-state index contributed by atoms with van der Waals surface area (Å²) in [6, 6.07) is 12.2. The summed E-state index contributed by atoms with van der Waals surface area (Å²) >= 11 is 0. The fourth-order valence-corrected chi connectivity index (χ4v) is 5.49. The number of rotatable bonds is 4. The average Bonchev–Trinajstić information content (AvgIpc) is 3.32. The van der Waals surface area contributed by atoms with Gasteiger partial charge in [0.15, 0.2) is 0 Å². The van der Waals surface area contributed by atoms with E-state index in [4.69, 9.17) is 5.73 Å². The minimum absolute atomic E-state index is 0.117. The molecule has 0 aromatic heterocycles. The van der Waals surface area contributed by atoms with Crippen LogP contribution in [0.1, 0.15) is 28.7 Å². The number of nitrogens with zero attached hydrogens (tertiary/aromatic N) is 1. The van der Waals surface area contributed by atoms with Crippen LogP contribution in [0.3, 0.4) is 0 Å². The van der Waals surface area contributed by atoms with Crippen LogP contribution in [-0.4, -0.2) is 34.6 Å². The first-order valence-corrected chi connectivity index (χ1v) is 10.6. The van der Waals surface area contributed by atoms with Crippen molar-refractivity contribution < 1.29 is 19.2 Å². The third-order valence-electron chi connectivity index (χ3n) is 7.12. The highest BCUT2D eigenvalue weighted by Crippen LogP contribution is 2.54. The van der Waals surface area contributed by atoms with Crippen molar-refractivity contribution in [3.8, 4) is 0 Å². The molecule has 3 heterocycles. The number of carbonyl (C=O) groups is 4. The predicted molar refractivity (Wildman–Crippen MR) is 116 cm³/mol. The van der Waals surface area contributed by atoms with Gasteiger partial charge in [0.1, 0.15) is 5.54 Å². The summed E-state index contributed by atoms with van der Waals surface area (Å²) in [5.74, 6) is -3.58. The first-order chi connectivity index (χ1) is 15.3. The van der Waals surface area contributed by atoms with Gasteiger partial charge in [-0.2, -0.15) is 0 Å². The fourth-order valence-electron chi connectivity index (χ4n) is 5.49. The van der Waals surface area contributed by atoms with E-state index in [-0.39, 0.29) is 24.8 Å². The standard InChI is InChI=1S/C24H24N4O4/c1-12-8-9-15-20(13(12)2)26-23(32)24(15)19-18(16(27-24)10-17(25)29)21(30)28(22(19)31)11-14-6-4-3-5-7-14/h3-9,16,18-19,27H,10-11H2,1-2H3,(H2,25,29)(H,26,32)/t16-,18+,19-,24-/m0/s1. The third kappa shape index (κ3) is 2.65. The lowest BCUT2D eigenvalue weighted by Crippen LogP contribution is -2.53. The second-order valence-electron chi connectivity index (χ2n) is 8.87. The maximum absolute atomic E-state index is 13.7. The second-order valence-corrected chi connectivity index (χ2v) is 8.87. The molecule has 4 N–H and O–H groups in total. The lowest BCUT2D eigenvalue weighted by molar-refractivity contribution is -0.143. The number of amides is 4. The Morgan fingerprint density at radius 3 is 2.47 bits per heavy atom. The summed E-state index contributed by atoms with van der Waals surface area (Å²) in [6.07, 6.45) is -0.144. The normalized spacial score (nSPS) is 28.2. The average molecular weight is 432 g/mol. The Balaban J connectivity index is 1.63. The zero-order chi connectivity index (χ0) is 22.8. The smallest absolute Gasteiger partial charge is 0.250 e. The largest absolute Gasteiger partial charge is 0.370 e. The van der Waals surface area contributed by atoms with Gasteiger partial charge in [-0.25, -0.2) is 0 Å². The number of benzene rings is 2. The van der Waals surface area contributed by atoms with Crippen molar-refractivity contribution in [3.05, 3.63) is 64.7 Å². The predicted octanol–water partition coefficient (Wildman–Crippen LogP) is 1.10. The van der Waals surface area contributed by atoms with E-state index in [1.165, 1.54) is 4.90 Å². The summed E-state index contributed by atoms with van der Waals surface area (Å²) < 4.78 is 0. The van der Waals surface area contributed by atoms with Crippen LogP contribution in [0.4, 0.5) is 5.69 Å². The van der Waals surface area contributed by atoms with Gasteiger partial charge in [0.05, 0.1) is 18.4 Å². The molecular weight excluding hydrogens is 408 g/mol. The molecule has 8 nitrogen and oxygen atoms in total. The number of hydrogen-bond acceptors (Lipinski definition) is 5. The van der Waals surface area contributed by atoms with Gasteiger partial charge >= 0.3 is 0 Å². The van der Waals surface area contributed by atoms with Crippen molar-refractivity contribution in [3.63, 3.8) is 0 Å². The van der Waals surface area contributed by atoms with E-state index in [0.29, 0.717) is 11.3 Å². The van der Waals surface area contributed by atoms with Crippen LogP contribution in [0.15, 0.2) is 42.5 Å². The molecule has 3 aliphatic heterocycles. The maximum Gasteiger partial charge on any atom is 0.250 e. The number of nitrogens with one attached hydrogen (secondary N) is 2. The number of anilines is 1. The van der Waals surface area contributed by atoms with Crippen LogP contribution in [0.5, 0.6) is 0 Å². The second kappa shape index (κ2) is 7.00. The van der Waals surface area contributed by atoms with Gasteiger partial charge in [0.2, 0.25) is 23.6 Å². The Morgan fingerprint density at radius 2 is 1.78 bits per heavy atom. The van der Waals surface area contributed by atoms with Crippen molar-refractivity contribution in [2.24, 2.45) is 17.6 Å². The van der Waals surface area contributed by atoms with Gasteiger partial charge < -0.3 is 11.1 Å². The van der Waals surface area contributed by atoms with Crippen LogP contribution >= 0.6 is 0 Å². The summed E-state index contributed by atoms with van der Waals surface area (Å²) in [4.78, 5) is 53.6. The molecule has 1 spiro atoms. The molecule has 2 aromatic carbocycles. The van der Waals surface area contributed by atoms with Crippen LogP contribution in [0, 0.1) is 25.7 Å². The Labute approximate surface area is 185 Å². The Kier molecular flexibility index (Phi) is 4.46. The molecule has 5 rings (SSSR count). The van der Waals surface area contributed by atoms with Crippen molar-refractivity contribution in [1.82, 2.24) is 10.2 Å². The molecule has 164 valence electrons. The highest BCUT2D eigenvalue weighted by Gasteiger charge is 2.70. The summed E-state index contributed by atoms with van der Waals surface area (Å²) in [6.45, 7) is 3.97. The molecule has 8 heteroatoms. The number of fused-ring (bicyclic) bond motifs is 4. The number of primary amides is 1. The van der Waals surface area contributed by atoms with Crippen LogP contribution in [-0.2, 0) is 31.3 Å². The quantitative estimate of drug-likeness (QED) is 0.625. The SMILES string of the molecule is Cc1ccc2c(c1C)NC(=O)[C@]21N[C@@H](CC(N)=O)[C@H]2C(=O)N(Cc3ccccc3)C(=O)[C@H]21. The van der Waals surface area contributed by atoms with E-state index in [2.05, 4.69) is 10.6 Å². The highest BCUT2D eigenvalue weighted by atomic mass is 16.2. The number of hydrogen-bond donors (Lipinski definition) is 3. The molecule has 0 unspecified atom stereocenters. The number of aryl methyl sites for hydroxylation is 1. The minimum Gasteiger partial charge on any atom is -0.370 e. The van der Waals surface area contributed by atoms with Crippen LogP contribution in [0.25, 0.3) is 0 Å². The highest BCUT2D eigenvalue weighted by molar-refractivity contribution is 6.15. The molecule has 0 radical (unpaired) electrons. The number of carbonyl (C=O) groups excluding carboxylic acids is 4. The Morgan fingerprint density at radius 1 is 1.06 bits per heavy atom. The molecule has 2 aromatic rings. The van der Waals surface area contributed by atoms with Gasteiger partial charge in [-0.15, -0.1) is 0 Å². The molecule has 2 saturated heterocycles. The maximum atomic E-state index is 13.7. The molecule has 32 heavy (non-hydrogen) atoms. The van der Waals surface area contributed by atoms with E-state index in [1.807, 2.05) is 56.3 Å². The molecule has 0 aliphatic carbocycles. The van der Waals surface area contributed by atoms with Gasteiger partial charge in [0.25, 0.3) is 0 Å². The number of likely N-dealkylation sites (tertiary alicyclic amines) is 1. The molecule has 2 fully saturated rings. The lowest BCUT2D eigenvalue weighted by Gasteiger charge is -2.29. The third-order valence-corrected chi connectivity index (χ3v) is 7.12. The molecular formula is C24H24N4O4. The topological polar surface area (TPSA) is 122 Å². The van der Waals surface area contributed by atoms with Crippen LogP contribution in [0.2, 0.25) is 0 Å². The molecule has 0 saturated carbocycles. The monoisotopic (exact) mass is 432 g/mol. The zero-order valence-corrected chi connectivity index (χ0v) is 17.8. The first-order valence-electron chi connectivity index (χ1n) is 10.6. The molecule has 4 atom stereocenters. The number of nitrogens with two attached hydrogens (primary N) is 1. The minimum atomic E-state index is -1.42. The summed E-state index contributed by atoms with van der Waals surface area (Å²) in [5, 5.41) is 6.14. The molecule has 0 bridgehead atoms. The van der Waals surface area contributed by atoms with E-state index in [0.717, 1.165) is 16.7 Å². The van der Waals surface area contributed by atoms with Crippen molar-refractivity contribution >= 4 is 29.3 Å². The van der Waals surface area contributed by atoms with Gasteiger partial charge in [-0.1, -0.05) is 42.5 Å². The Bertz CT molecular complexity index is 1180. The Hall–Kier alpha value is -3.52. The molecule has 3 aliphatic rings. The van der Waals surface area contributed by atoms with Gasteiger partial charge in [0, 0.05) is 23.7 Å². The van der Waals surface area contributed by atoms with E-state index in [1.54, 1.807) is 0 Å². The van der Waals surface area contributed by atoms with E-state index < -0.39 is 35.2 Å². The van der Waals surface area contributed by atoms with Crippen molar-refractivity contribution in [2.75, 3.05) is 5.32 Å². The summed E-state index contributed by atoms with van der Waals surface area (Å²) in [5.41, 5.74) is 8.05. The summed E-state index contributed by atoms with van der Waals surface area (Å²) in [7, 11) is 0. The fraction of sp³-hybridized carbons (Fsp3) is 0.333. The van der Waals surface area contributed by atoms with Crippen LogP contribution < -0.4 is 16.4 Å². The van der Waals surface area contributed by atoms with E-state index >= 15 is 0 Å². The van der Waals surface area contributed by atoms with Gasteiger partial charge in [-0.05, 0) is 30.5 Å². The lowest BCUT2D eigenvalue weighted by atomic mass is 9.76. The van der Waals surface area contributed by atoms with E-state index in [9.17, 15) is 19.2 Å². The zero-order valence-electron chi connectivity index (χ0n) is 17.8. The number of imide groups is 1.